The fraction of sp³-hybridized carbons (Fsp3) is 0.250. The molecule has 7 heteroatoms. The van der Waals surface area contributed by atoms with E-state index in [1.165, 1.54) is 6.07 Å². The first-order chi connectivity index (χ1) is 17.0. The SMILES string of the molecule is CCOc1ccc(C2CC(=O)C3=C(C2)Nc2ccccc2NC3c2ccc(F)c(Br)c2)cc1OC. The third-order valence-corrected chi connectivity index (χ3v) is 7.15. The number of fused-ring (bicyclic) bond motifs is 1. The lowest BCUT2D eigenvalue weighted by Gasteiger charge is -2.30. The van der Waals surface area contributed by atoms with Crippen molar-refractivity contribution in [2.24, 2.45) is 0 Å². The summed E-state index contributed by atoms with van der Waals surface area (Å²) in [6.45, 7) is 2.48. The van der Waals surface area contributed by atoms with Crippen molar-refractivity contribution < 1.29 is 18.7 Å². The molecule has 1 heterocycles. The first-order valence-corrected chi connectivity index (χ1v) is 12.4. The van der Waals surface area contributed by atoms with Gasteiger partial charge in [-0.1, -0.05) is 24.3 Å². The number of nitrogens with one attached hydrogen (secondary N) is 2. The summed E-state index contributed by atoms with van der Waals surface area (Å²) in [6, 6.07) is 18.2. The summed E-state index contributed by atoms with van der Waals surface area (Å²) in [7, 11) is 1.62. The molecule has 2 atom stereocenters. The van der Waals surface area contributed by atoms with Crippen LogP contribution in [0.25, 0.3) is 0 Å². The zero-order chi connectivity index (χ0) is 24.5. The highest BCUT2D eigenvalue weighted by molar-refractivity contribution is 9.10. The predicted molar refractivity (Wildman–Crippen MR) is 139 cm³/mol. The van der Waals surface area contributed by atoms with Crippen LogP contribution in [0.5, 0.6) is 11.5 Å². The van der Waals surface area contributed by atoms with E-state index in [0.717, 1.165) is 28.2 Å². The molecule has 1 aliphatic carbocycles. The second-order valence-corrected chi connectivity index (χ2v) is 9.54. The van der Waals surface area contributed by atoms with Crippen LogP contribution in [-0.2, 0) is 4.79 Å². The number of allylic oxidation sites excluding steroid dienone is 1. The second-order valence-electron chi connectivity index (χ2n) is 8.69. The monoisotopic (exact) mass is 536 g/mol. The van der Waals surface area contributed by atoms with E-state index in [4.69, 9.17) is 9.47 Å². The van der Waals surface area contributed by atoms with E-state index in [0.29, 0.717) is 41.0 Å². The van der Waals surface area contributed by atoms with E-state index < -0.39 is 6.04 Å². The van der Waals surface area contributed by atoms with Crippen molar-refractivity contribution in [1.29, 1.82) is 0 Å². The highest BCUT2D eigenvalue weighted by Crippen LogP contribution is 2.45. The summed E-state index contributed by atoms with van der Waals surface area (Å²) >= 11 is 3.30. The Labute approximate surface area is 212 Å². The van der Waals surface area contributed by atoms with Gasteiger partial charge in [0.25, 0.3) is 0 Å². The van der Waals surface area contributed by atoms with Crippen molar-refractivity contribution in [3.05, 3.63) is 93.4 Å². The average Bonchev–Trinajstić information content (AvgIpc) is 3.03. The molecule has 0 saturated heterocycles. The van der Waals surface area contributed by atoms with Crippen molar-refractivity contribution >= 4 is 33.1 Å². The molecule has 1 aliphatic heterocycles. The molecule has 0 radical (unpaired) electrons. The van der Waals surface area contributed by atoms with Crippen LogP contribution < -0.4 is 20.1 Å². The van der Waals surface area contributed by atoms with Crippen LogP contribution in [0.3, 0.4) is 0 Å². The Balaban J connectivity index is 1.57. The number of carbonyl (C=O) groups excluding carboxylic acids is 1. The minimum Gasteiger partial charge on any atom is -0.493 e. The van der Waals surface area contributed by atoms with Crippen LogP contribution in [0, 0.1) is 5.82 Å². The molecule has 2 aliphatic rings. The number of Topliss-reactive ketones (excluding diaryl/α,β-unsaturated/α-hetero) is 1. The van der Waals surface area contributed by atoms with Crippen LogP contribution in [-0.4, -0.2) is 19.5 Å². The minimum absolute atomic E-state index is 0.0100. The van der Waals surface area contributed by atoms with E-state index in [-0.39, 0.29) is 17.5 Å². The average molecular weight is 537 g/mol. The molecule has 0 amide bonds. The number of ketones is 1. The van der Waals surface area contributed by atoms with Gasteiger partial charge in [0.2, 0.25) is 0 Å². The Bertz CT molecular complexity index is 1320. The molecule has 3 aromatic carbocycles. The number of methoxy groups -OCH3 is 1. The van der Waals surface area contributed by atoms with Crippen molar-refractivity contribution in [3.63, 3.8) is 0 Å². The molecule has 0 fully saturated rings. The number of halogens is 2. The van der Waals surface area contributed by atoms with Crippen molar-refractivity contribution in [2.45, 2.75) is 31.7 Å². The molecule has 180 valence electrons. The highest BCUT2D eigenvalue weighted by Gasteiger charge is 2.36. The summed E-state index contributed by atoms with van der Waals surface area (Å²) in [5.41, 5.74) is 5.20. The summed E-state index contributed by atoms with van der Waals surface area (Å²) in [5.74, 6) is 1.06. The maximum absolute atomic E-state index is 14.0. The van der Waals surface area contributed by atoms with Gasteiger partial charge in [-0.3, -0.25) is 4.79 Å². The molecule has 0 saturated carbocycles. The maximum Gasteiger partial charge on any atom is 0.163 e. The zero-order valence-electron chi connectivity index (χ0n) is 19.5. The normalized spacial score (nSPS) is 19.1. The van der Waals surface area contributed by atoms with E-state index >= 15 is 0 Å². The Morgan fingerprint density at radius 3 is 2.51 bits per heavy atom. The zero-order valence-corrected chi connectivity index (χ0v) is 21.1. The molecule has 0 spiro atoms. The third kappa shape index (κ3) is 4.52. The number of carbonyl (C=O) groups is 1. The maximum atomic E-state index is 14.0. The van der Waals surface area contributed by atoms with Crippen LogP contribution in [0.2, 0.25) is 0 Å². The van der Waals surface area contributed by atoms with Crippen LogP contribution in [0.15, 0.2) is 76.4 Å². The van der Waals surface area contributed by atoms with Gasteiger partial charge in [0.05, 0.1) is 35.6 Å². The standard InChI is InChI=1S/C28H26BrFN2O3/c1-3-35-25-11-9-16(15-26(25)34-2)18-13-23-27(24(33)14-18)28(17-8-10-20(30)19(29)12-17)32-22-7-5-4-6-21(22)31-23/h4-12,15,18,28,31-32H,3,13-14H2,1-2H3. The van der Waals surface area contributed by atoms with Crippen molar-refractivity contribution in [1.82, 2.24) is 0 Å². The van der Waals surface area contributed by atoms with E-state index in [2.05, 4.69) is 26.6 Å². The number of benzene rings is 3. The van der Waals surface area contributed by atoms with Gasteiger partial charge in [-0.15, -0.1) is 0 Å². The number of para-hydroxylation sites is 2. The lowest BCUT2D eigenvalue weighted by atomic mass is 9.78. The van der Waals surface area contributed by atoms with Gasteiger partial charge in [-0.05, 0) is 82.7 Å². The molecular weight excluding hydrogens is 511 g/mol. The predicted octanol–water partition coefficient (Wildman–Crippen LogP) is 6.98. The van der Waals surface area contributed by atoms with Gasteiger partial charge < -0.3 is 20.1 Å². The van der Waals surface area contributed by atoms with E-state index in [9.17, 15) is 9.18 Å². The Morgan fingerprint density at radius 2 is 1.77 bits per heavy atom. The molecule has 0 aromatic heterocycles. The van der Waals surface area contributed by atoms with Gasteiger partial charge in [-0.25, -0.2) is 4.39 Å². The fourth-order valence-electron chi connectivity index (χ4n) is 4.88. The van der Waals surface area contributed by atoms with E-state index in [1.807, 2.05) is 49.4 Å². The molecule has 2 N–H and O–H groups in total. The minimum atomic E-state index is -0.402. The van der Waals surface area contributed by atoms with Gasteiger partial charge in [0.15, 0.2) is 17.3 Å². The molecule has 5 rings (SSSR count). The second kappa shape index (κ2) is 9.74. The number of anilines is 2. The van der Waals surface area contributed by atoms with Crippen molar-refractivity contribution in [3.8, 4) is 11.5 Å². The van der Waals surface area contributed by atoms with Crippen LogP contribution in [0.4, 0.5) is 15.8 Å². The Hall–Kier alpha value is -3.32. The summed E-state index contributed by atoms with van der Waals surface area (Å²) < 4.78 is 25.6. The van der Waals surface area contributed by atoms with Crippen LogP contribution in [0.1, 0.15) is 42.9 Å². The Kier molecular flexibility index (Phi) is 6.52. The van der Waals surface area contributed by atoms with Gasteiger partial charge in [0, 0.05) is 17.7 Å². The largest absolute Gasteiger partial charge is 0.493 e. The summed E-state index contributed by atoms with van der Waals surface area (Å²) in [6.07, 6.45) is 1.03. The van der Waals surface area contributed by atoms with Gasteiger partial charge >= 0.3 is 0 Å². The molecule has 3 aromatic rings. The summed E-state index contributed by atoms with van der Waals surface area (Å²) in [4.78, 5) is 13.7. The van der Waals surface area contributed by atoms with Gasteiger partial charge in [-0.2, -0.15) is 0 Å². The molecular formula is C28H26BrFN2O3. The van der Waals surface area contributed by atoms with Crippen molar-refractivity contribution in [2.75, 3.05) is 24.4 Å². The quantitative estimate of drug-likeness (QED) is 0.368. The number of hydrogen-bond donors (Lipinski definition) is 2. The molecule has 5 nitrogen and oxygen atoms in total. The molecule has 2 unspecified atom stereocenters. The number of ether oxygens (including phenoxy) is 2. The topological polar surface area (TPSA) is 59.6 Å². The fourth-order valence-corrected chi connectivity index (χ4v) is 5.28. The lowest BCUT2D eigenvalue weighted by Crippen LogP contribution is -2.27. The smallest absolute Gasteiger partial charge is 0.163 e. The molecule has 35 heavy (non-hydrogen) atoms. The van der Waals surface area contributed by atoms with E-state index in [1.54, 1.807) is 19.2 Å². The molecule has 0 bridgehead atoms. The lowest BCUT2D eigenvalue weighted by molar-refractivity contribution is -0.116. The van der Waals surface area contributed by atoms with Crippen LogP contribution >= 0.6 is 15.9 Å². The summed E-state index contributed by atoms with van der Waals surface area (Å²) in [5, 5.41) is 7.06. The number of rotatable bonds is 5. The Morgan fingerprint density at radius 1 is 1.00 bits per heavy atom. The third-order valence-electron chi connectivity index (χ3n) is 6.54. The van der Waals surface area contributed by atoms with Gasteiger partial charge in [0.1, 0.15) is 5.82 Å². The number of hydrogen-bond acceptors (Lipinski definition) is 5. The highest BCUT2D eigenvalue weighted by atomic mass is 79.9. The first kappa shape index (κ1) is 23.4. The first-order valence-electron chi connectivity index (χ1n) is 11.6.